The smallest absolute Gasteiger partial charge is 0.337 e. The van der Waals surface area contributed by atoms with Crippen LogP contribution in [0.3, 0.4) is 0 Å². The summed E-state index contributed by atoms with van der Waals surface area (Å²) < 4.78 is 1.32. The summed E-state index contributed by atoms with van der Waals surface area (Å²) in [6.45, 7) is 1.49. The number of nitrogens with zero attached hydrogens (tertiary/aromatic N) is 1. The molecule has 0 radical (unpaired) electrons. The van der Waals surface area contributed by atoms with E-state index in [-0.39, 0.29) is 33.1 Å². The van der Waals surface area contributed by atoms with E-state index in [2.05, 4.69) is 0 Å². The zero-order valence-corrected chi connectivity index (χ0v) is 13.2. The van der Waals surface area contributed by atoms with Gasteiger partial charge in [0.15, 0.2) is 0 Å². The Morgan fingerprint density at radius 3 is 2.30 bits per heavy atom. The Bertz CT molecular complexity index is 822. The van der Waals surface area contributed by atoms with Crippen molar-refractivity contribution in [2.45, 2.75) is 13.3 Å². The molecule has 1 aromatic heterocycles. The zero-order valence-electron chi connectivity index (χ0n) is 12.5. The molecular weight excluding hydrogens is 322 g/mol. The van der Waals surface area contributed by atoms with E-state index < -0.39 is 24.1 Å². The number of halogens is 1. The van der Waals surface area contributed by atoms with Gasteiger partial charge in [-0.1, -0.05) is 23.7 Å². The van der Waals surface area contributed by atoms with E-state index in [4.69, 9.17) is 16.7 Å². The fourth-order valence-corrected chi connectivity index (χ4v) is 2.84. The topological polar surface area (TPSA) is 96.6 Å². The molecule has 2 aromatic rings. The molecule has 2 N–H and O–H groups in total. The number of carbonyl (C=O) groups is 3. The number of ketones is 1. The molecule has 6 nitrogen and oxygen atoms in total. The summed E-state index contributed by atoms with van der Waals surface area (Å²) >= 11 is 6.03. The summed E-state index contributed by atoms with van der Waals surface area (Å²) in [6.07, 6.45) is -0.491. The van der Waals surface area contributed by atoms with Gasteiger partial charge in [-0.2, -0.15) is 0 Å². The molecule has 1 aromatic carbocycles. The number of hydrogen-bond acceptors (Lipinski definition) is 3. The van der Waals surface area contributed by atoms with E-state index in [1.807, 2.05) is 0 Å². The molecule has 23 heavy (non-hydrogen) atoms. The van der Waals surface area contributed by atoms with Gasteiger partial charge in [0.05, 0.1) is 22.7 Å². The van der Waals surface area contributed by atoms with Crippen LogP contribution in [0.5, 0.6) is 0 Å². The van der Waals surface area contributed by atoms with Crippen molar-refractivity contribution < 1.29 is 24.6 Å². The SMILES string of the molecule is Cc1c(C(=O)O)c(CC(=O)O)n(C)c1C(=O)c1ccccc1Cl. The van der Waals surface area contributed by atoms with Crippen molar-refractivity contribution in [2.75, 3.05) is 0 Å². The number of benzene rings is 1. The van der Waals surface area contributed by atoms with Gasteiger partial charge in [-0.05, 0) is 24.6 Å². The molecule has 0 bridgehead atoms. The van der Waals surface area contributed by atoms with E-state index in [0.717, 1.165) is 0 Å². The highest BCUT2D eigenvalue weighted by Gasteiger charge is 2.28. The van der Waals surface area contributed by atoms with Crippen LogP contribution in [0.2, 0.25) is 5.02 Å². The molecule has 0 saturated carbocycles. The number of carbonyl (C=O) groups excluding carboxylic acids is 1. The molecular formula is C16H14ClNO5. The van der Waals surface area contributed by atoms with Crippen molar-refractivity contribution in [1.29, 1.82) is 0 Å². The summed E-state index contributed by atoms with van der Waals surface area (Å²) in [7, 11) is 1.47. The van der Waals surface area contributed by atoms with E-state index in [1.165, 1.54) is 24.6 Å². The van der Waals surface area contributed by atoms with Crippen LogP contribution in [-0.4, -0.2) is 32.5 Å². The van der Waals surface area contributed by atoms with Crippen molar-refractivity contribution in [2.24, 2.45) is 7.05 Å². The number of aromatic nitrogens is 1. The van der Waals surface area contributed by atoms with E-state index in [0.29, 0.717) is 0 Å². The van der Waals surface area contributed by atoms with Gasteiger partial charge < -0.3 is 14.8 Å². The molecule has 120 valence electrons. The Hall–Kier alpha value is -2.60. The van der Waals surface area contributed by atoms with Crippen LogP contribution >= 0.6 is 11.6 Å². The summed E-state index contributed by atoms with van der Waals surface area (Å²) in [6, 6.07) is 6.42. The molecule has 7 heteroatoms. The van der Waals surface area contributed by atoms with E-state index >= 15 is 0 Å². The second-order valence-electron chi connectivity index (χ2n) is 5.04. The summed E-state index contributed by atoms with van der Waals surface area (Å²) in [5.41, 5.74) is 0.479. The zero-order chi connectivity index (χ0) is 17.3. The summed E-state index contributed by atoms with van der Waals surface area (Å²) in [4.78, 5) is 35.2. The second kappa shape index (κ2) is 6.26. The Labute approximate surface area is 136 Å². The number of aliphatic carboxylic acids is 1. The maximum absolute atomic E-state index is 12.7. The lowest BCUT2D eigenvalue weighted by Crippen LogP contribution is -2.13. The largest absolute Gasteiger partial charge is 0.481 e. The standard InChI is InChI=1S/C16H14ClNO5/c1-8-13(16(22)23)11(7-12(19)20)18(2)14(8)15(21)9-5-3-4-6-10(9)17/h3-6H,7H2,1-2H3,(H,19,20)(H,22,23). The van der Waals surface area contributed by atoms with Crippen LogP contribution in [0.25, 0.3) is 0 Å². The van der Waals surface area contributed by atoms with Crippen LogP contribution in [0.1, 0.15) is 37.7 Å². The van der Waals surface area contributed by atoms with Crippen molar-refractivity contribution in [1.82, 2.24) is 4.57 Å². The summed E-state index contributed by atoms with van der Waals surface area (Å²) in [5, 5.41) is 18.6. The first kappa shape index (κ1) is 16.8. The third kappa shape index (κ3) is 2.98. The fourth-order valence-electron chi connectivity index (χ4n) is 2.62. The van der Waals surface area contributed by atoms with Gasteiger partial charge in [0.25, 0.3) is 0 Å². The van der Waals surface area contributed by atoms with Gasteiger partial charge in [0.2, 0.25) is 5.78 Å². The minimum Gasteiger partial charge on any atom is -0.481 e. The Kier molecular flexibility index (Phi) is 4.56. The highest BCUT2D eigenvalue weighted by molar-refractivity contribution is 6.35. The first-order valence-corrected chi connectivity index (χ1v) is 7.06. The van der Waals surface area contributed by atoms with Gasteiger partial charge in [0.1, 0.15) is 0 Å². The number of aromatic carboxylic acids is 1. The first-order chi connectivity index (χ1) is 10.8. The van der Waals surface area contributed by atoms with Crippen LogP contribution in [0, 0.1) is 6.92 Å². The van der Waals surface area contributed by atoms with Crippen LogP contribution in [0.15, 0.2) is 24.3 Å². The average molecular weight is 336 g/mol. The number of carboxylic acid groups (broad SMARTS) is 2. The normalized spacial score (nSPS) is 10.6. The predicted octanol–water partition coefficient (Wildman–Crippen LogP) is 2.54. The first-order valence-electron chi connectivity index (χ1n) is 6.68. The summed E-state index contributed by atoms with van der Waals surface area (Å²) in [5.74, 6) is -2.90. The van der Waals surface area contributed by atoms with Gasteiger partial charge in [-0.25, -0.2) is 4.79 Å². The monoisotopic (exact) mass is 335 g/mol. The van der Waals surface area contributed by atoms with Gasteiger partial charge in [-0.15, -0.1) is 0 Å². The molecule has 0 unspecified atom stereocenters. The molecule has 0 atom stereocenters. The average Bonchev–Trinajstić information content (AvgIpc) is 2.69. The highest BCUT2D eigenvalue weighted by Crippen LogP contribution is 2.27. The molecule has 0 saturated heterocycles. The van der Waals surface area contributed by atoms with Crippen molar-refractivity contribution in [3.8, 4) is 0 Å². The van der Waals surface area contributed by atoms with Crippen molar-refractivity contribution in [3.05, 3.63) is 57.4 Å². The number of carboxylic acids is 2. The Morgan fingerprint density at radius 1 is 1.17 bits per heavy atom. The lowest BCUT2D eigenvalue weighted by molar-refractivity contribution is -0.136. The minimum absolute atomic E-state index is 0.0675. The lowest BCUT2D eigenvalue weighted by Gasteiger charge is -2.08. The molecule has 0 aliphatic rings. The maximum Gasteiger partial charge on any atom is 0.337 e. The fraction of sp³-hybridized carbons (Fsp3) is 0.188. The molecule has 0 amide bonds. The predicted molar refractivity (Wildman–Crippen MR) is 83.3 cm³/mol. The molecule has 0 spiro atoms. The molecule has 0 fully saturated rings. The minimum atomic E-state index is -1.27. The quantitative estimate of drug-likeness (QED) is 0.818. The highest BCUT2D eigenvalue weighted by atomic mass is 35.5. The van der Waals surface area contributed by atoms with Crippen LogP contribution in [0.4, 0.5) is 0 Å². The van der Waals surface area contributed by atoms with Crippen molar-refractivity contribution >= 4 is 29.3 Å². The van der Waals surface area contributed by atoms with Gasteiger partial charge in [0, 0.05) is 18.3 Å². The maximum atomic E-state index is 12.7. The molecule has 0 aliphatic heterocycles. The van der Waals surface area contributed by atoms with Crippen LogP contribution in [-0.2, 0) is 18.3 Å². The lowest BCUT2D eigenvalue weighted by atomic mass is 10.0. The number of hydrogen-bond donors (Lipinski definition) is 2. The van der Waals surface area contributed by atoms with E-state index in [1.54, 1.807) is 18.2 Å². The Balaban J connectivity index is 2.69. The van der Waals surface area contributed by atoms with Crippen molar-refractivity contribution in [3.63, 3.8) is 0 Å². The second-order valence-corrected chi connectivity index (χ2v) is 5.45. The molecule has 0 aliphatic carbocycles. The van der Waals surface area contributed by atoms with Crippen LogP contribution < -0.4 is 0 Å². The third-order valence-corrected chi connectivity index (χ3v) is 3.95. The number of rotatable bonds is 5. The Morgan fingerprint density at radius 2 is 1.78 bits per heavy atom. The molecule has 2 rings (SSSR count). The molecule has 1 heterocycles. The van der Waals surface area contributed by atoms with Gasteiger partial charge in [-0.3, -0.25) is 9.59 Å². The van der Waals surface area contributed by atoms with Gasteiger partial charge >= 0.3 is 11.9 Å². The third-order valence-electron chi connectivity index (χ3n) is 3.63. The van der Waals surface area contributed by atoms with E-state index in [9.17, 15) is 19.5 Å².